The number of nitrogens with zero attached hydrogens (tertiary/aromatic N) is 1. The van der Waals surface area contributed by atoms with Gasteiger partial charge in [0.05, 0.1) is 6.54 Å². The van der Waals surface area contributed by atoms with Gasteiger partial charge >= 0.3 is 12.0 Å². The zero-order chi connectivity index (χ0) is 19.9. The van der Waals surface area contributed by atoms with Crippen molar-refractivity contribution in [2.75, 3.05) is 18.4 Å². The molecule has 1 fully saturated rings. The summed E-state index contributed by atoms with van der Waals surface area (Å²) in [5.74, 6) is 0.542. The lowest BCUT2D eigenvalue weighted by atomic mass is 9.85. The van der Waals surface area contributed by atoms with Gasteiger partial charge in [-0.2, -0.15) is 0 Å². The number of ether oxygens (including phenoxy) is 1. The Labute approximate surface area is 164 Å². The first-order chi connectivity index (χ1) is 13.5. The van der Waals surface area contributed by atoms with Gasteiger partial charge in [-0.1, -0.05) is 31.2 Å². The summed E-state index contributed by atoms with van der Waals surface area (Å²) in [6, 6.07) is 16.6. The normalized spacial score (nSPS) is 18.2. The van der Waals surface area contributed by atoms with Crippen molar-refractivity contribution < 1.29 is 19.4 Å². The van der Waals surface area contributed by atoms with Crippen LogP contribution in [-0.4, -0.2) is 47.2 Å². The summed E-state index contributed by atoms with van der Waals surface area (Å²) in [5, 5.41) is 14.7. The van der Waals surface area contributed by atoms with Gasteiger partial charge < -0.3 is 20.5 Å². The van der Waals surface area contributed by atoms with Gasteiger partial charge in [0.2, 0.25) is 0 Å². The van der Waals surface area contributed by atoms with Crippen molar-refractivity contribution in [3.8, 4) is 11.5 Å². The lowest BCUT2D eigenvalue weighted by molar-refractivity contribution is -0.139. The van der Waals surface area contributed by atoms with E-state index in [4.69, 9.17) is 9.84 Å². The fourth-order valence-electron chi connectivity index (χ4n) is 3.29. The molecule has 0 radical (unpaired) electrons. The van der Waals surface area contributed by atoms with Crippen LogP contribution in [0.4, 0.5) is 10.5 Å². The average molecular weight is 383 g/mol. The molecule has 148 valence electrons. The molecular formula is C21H25N3O4. The molecule has 7 nitrogen and oxygen atoms in total. The Hall–Kier alpha value is -3.06. The topological polar surface area (TPSA) is 90.9 Å². The van der Waals surface area contributed by atoms with Crippen molar-refractivity contribution in [3.63, 3.8) is 0 Å². The fourth-order valence-corrected chi connectivity index (χ4v) is 3.29. The zero-order valence-electron chi connectivity index (χ0n) is 15.8. The quantitative estimate of drug-likeness (QED) is 0.649. The first-order valence-electron chi connectivity index (χ1n) is 9.40. The van der Waals surface area contributed by atoms with E-state index >= 15 is 0 Å². The third-order valence-corrected chi connectivity index (χ3v) is 4.78. The number of urea groups is 1. The highest BCUT2D eigenvalue weighted by Gasteiger charge is 2.34. The molecule has 3 rings (SSSR count). The SMILES string of the molecule is CCN(CC(=O)O)C1CC(NC(=O)Nc2cccc(Oc3ccccc3)c2)C1. The number of amides is 2. The number of para-hydroxylation sites is 1. The Morgan fingerprint density at radius 2 is 1.82 bits per heavy atom. The van der Waals surface area contributed by atoms with E-state index in [0.29, 0.717) is 18.0 Å². The van der Waals surface area contributed by atoms with Gasteiger partial charge in [0.25, 0.3) is 0 Å². The van der Waals surface area contributed by atoms with Gasteiger partial charge in [-0.15, -0.1) is 0 Å². The van der Waals surface area contributed by atoms with E-state index in [1.54, 1.807) is 12.1 Å². The molecule has 0 spiro atoms. The van der Waals surface area contributed by atoms with Crippen LogP contribution in [0.3, 0.4) is 0 Å². The third-order valence-electron chi connectivity index (χ3n) is 4.78. The molecule has 2 amide bonds. The number of hydrogen-bond donors (Lipinski definition) is 3. The second kappa shape index (κ2) is 9.23. The van der Waals surface area contributed by atoms with Crippen LogP contribution in [0.5, 0.6) is 11.5 Å². The largest absolute Gasteiger partial charge is 0.480 e. The van der Waals surface area contributed by atoms with Gasteiger partial charge in [-0.25, -0.2) is 4.79 Å². The molecule has 0 atom stereocenters. The smallest absolute Gasteiger partial charge is 0.319 e. The van der Waals surface area contributed by atoms with Crippen LogP contribution in [0.2, 0.25) is 0 Å². The predicted molar refractivity (Wildman–Crippen MR) is 107 cm³/mol. The molecule has 0 heterocycles. The number of carbonyl (C=O) groups excluding carboxylic acids is 1. The second-order valence-electron chi connectivity index (χ2n) is 6.82. The van der Waals surface area contributed by atoms with Crippen LogP contribution in [0.1, 0.15) is 19.8 Å². The molecule has 2 aromatic rings. The molecule has 1 saturated carbocycles. The second-order valence-corrected chi connectivity index (χ2v) is 6.82. The van der Waals surface area contributed by atoms with E-state index in [2.05, 4.69) is 10.6 Å². The number of carboxylic acid groups (broad SMARTS) is 1. The molecule has 0 saturated heterocycles. The van der Waals surface area contributed by atoms with Gasteiger partial charge in [0, 0.05) is 23.8 Å². The molecular weight excluding hydrogens is 358 g/mol. The van der Waals surface area contributed by atoms with Crippen LogP contribution < -0.4 is 15.4 Å². The minimum Gasteiger partial charge on any atom is -0.480 e. The van der Waals surface area contributed by atoms with Crippen LogP contribution >= 0.6 is 0 Å². The van der Waals surface area contributed by atoms with E-state index in [-0.39, 0.29) is 24.7 Å². The van der Waals surface area contributed by atoms with Crippen LogP contribution in [0.25, 0.3) is 0 Å². The van der Waals surface area contributed by atoms with Crippen molar-refractivity contribution in [2.45, 2.75) is 31.8 Å². The molecule has 0 unspecified atom stereocenters. The Morgan fingerprint density at radius 3 is 2.50 bits per heavy atom. The summed E-state index contributed by atoms with van der Waals surface area (Å²) in [6.45, 7) is 2.67. The highest BCUT2D eigenvalue weighted by atomic mass is 16.5. The number of aliphatic carboxylic acids is 1. The first kappa shape index (κ1) is 19.7. The van der Waals surface area contributed by atoms with Crippen molar-refractivity contribution in [3.05, 3.63) is 54.6 Å². The highest BCUT2D eigenvalue weighted by Crippen LogP contribution is 2.26. The lowest BCUT2D eigenvalue weighted by Crippen LogP contribution is -2.55. The molecule has 3 N–H and O–H groups in total. The molecule has 0 aliphatic heterocycles. The number of nitrogens with one attached hydrogen (secondary N) is 2. The van der Waals surface area contributed by atoms with Gasteiger partial charge in [0.15, 0.2) is 0 Å². The minimum atomic E-state index is -0.825. The molecule has 0 aromatic heterocycles. The van der Waals surface area contributed by atoms with Crippen molar-refractivity contribution in [1.29, 1.82) is 0 Å². The van der Waals surface area contributed by atoms with Crippen molar-refractivity contribution in [2.24, 2.45) is 0 Å². The number of anilines is 1. The summed E-state index contributed by atoms with van der Waals surface area (Å²) in [7, 11) is 0. The van der Waals surface area contributed by atoms with Crippen molar-refractivity contribution >= 4 is 17.7 Å². The molecule has 7 heteroatoms. The summed E-state index contributed by atoms with van der Waals surface area (Å²) < 4.78 is 5.77. The number of hydrogen-bond acceptors (Lipinski definition) is 4. The number of likely N-dealkylation sites (N-methyl/N-ethyl adjacent to an activating group) is 1. The molecule has 2 aromatic carbocycles. The van der Waals surface area contributed by atoms with Gasteiger partial charge in [-0.05, 0) is 43.7 Å². The standard InChI is InChI=1S/C21H25N3O4/c1-2-24(14-20(25)26)17-11-16(12-17)23-21(27)22-15-7-6-10-19(13-15)28-18-8-4-3-5-9-18/h3-10,13,16-17H,2,11-12,14H2,1H3,(H,25,26)(H2,22,23,27). The van der Waals surface area contributed by atoms with Crippen LogP contribution in [-0.2, 0) is 4.79 Å². The fraction of sp³-hybridized carbons (Fsp3) is 0.333. The maximum Gasteiger partial charge on any atom is 0.319 e. The summed E-state index contributed by atoms with van der Waals surface area (Å²) in [5.41, 5.74) is 0.642. The van der Waals surface area contributed by atoms with E-state index in [9.17, 15) is 9.59 Å². The number of carbonyl (C=O) groups is 2. The maximum absolute atomic E-state index is 12.2. The van der Waals surface area contributed by atoms with Gasteiger partial charge in [-0.3, -0.25) is 9.69 Å². The predicted octanol–water partition coefficient (Wildman–Crippen LogP) is 3.54. The Balaban J connectivity index is 1.47. The Kier molecular flexibility index (Phi) is 6.49. The first-order valence-corrected chi connectivity index (χ1v) is 9.40. The third kappa shape index (κ3) is 5.47. The molecule has 0 bridgehead atoms. The molecule has 1 aliphatic rings. The van der Waals surface area contributed by atoms with Crippen LogP contribution in [0.15, 0.2) is 54.6 Å². The van der Waals surface area contributed by atoms with Gasteiger partial charge in [0.1, 0.15) is 11.5 Å². The maximum atomic E-state index is 12.2. The highest BCUT2D eigenvalue weighted by molar-refractivity contribution is 5.89. The van der Waals surface area contributed by atoms with E-state index in [1.165, 1.54) is 0 Å². The Bertz CT molecular complexity index is 806. The van der Waals surface area contributed by atoms with Crippen molar-refractivity contribution in [1.82, 2.24) is 10.2 Å². The zero-order valence-corrected chi connectivity index (χ0v) is 15.8. The number of carboxylic acids is 1. The lowest BCUT2D eigenvalue weighted by Gasteiger charge is -2.42. The number of benzene rings is 2. The average Bonchev–Trinajstić information content (AvgIpc) is 2.63. The summed E-state index contributed by atoms with van der Waals surface area (Å²) in [6.07, 6.45) is 1.51. The molecule has 28 heavy (non-hydrogen) atoms. The summed E-state index contributed by atoms with van der Waals surface area (Å²) in [4.78, 5) is 25.0. The minimum absolute atomic E-state index is 0.0360. The molecule has 1 aliphatic carbocycles. The monoisotopic (exact) mass is 383 g/mol. The number of rotatable bonds is 8. The summed E-state index contributed by atoms with van der Waals surface area (Å²) >= 11 is 0. The van der Waals surface area contributed by atoms with Crippen LogP contribution in [0, 0.1) is 0 Å². The van der Waals surface area contributed by atoms with E-state index < -0.39 is 5.97 Å². The Morgan fingerprint density at radius 1 is 1.11 bits per heavy atom. The van der Waals surface area contributed by atoms with E-state index in [0.717, 1.165) is 18.6 Å². The van der Waals surface area contributed by atoms with E-state index in [1.807, 2.05) is 54.3 Å².